The van der Waals surface area contributed by atoms with E-state index < -0.39 is 10.8 Å². The fourth-order valence-electron chi connectivity index (χ4n) is 1.96. The Bertz CT molecular complexity index is 859. The first-order chi connectivity index (χ1) is 11.0. The van der Waals surface area contributed by atoms with E-state index in [-0.39, 0.29) is 29.0 Å². The van der Waals surface area contributed by atoms with Crippen molar-refractivity contribution in [2.75, 3.05) is 0 Å². The van der Waals surface area contributed by atoms with Crippen molar-refractivity contribution < 1.29 is 17.5 Å². The van der Waals surface area contributed by atoms with Crippen LogP contribution in [0.4, 0.5) is 4.39 Å². The molecule has 0 spiro atoms. The molecule has 8 heteroatoms. The minimum absolute atomic E-state index is 0.0861. The highest BCUT2D eigenvalue weighted by molar-refractivity contribution is 7.83. The molecule has 0 radical (unpaired) electrons. The van der Waals surface area contributed by atoms with Crippen molar-refractivity contribution in [2.45, 2.75) is 25.4 Å². The summed E-state index contributed by atoms with van der Waals surface area (Å²) in [4.78, 5) is 8.15. The van der Waals surface area contributed by atoms with Crippen LogP contribution in [0.1, 0.15) is 23.1 Å². The van der Waals surface area contributed by atoms with Gasteiger partial charge in [0.15, 0.2) is 0 Å². The molecule has 0 aliphatic rings. The predicted octanol–water partition coefficient (Wildman–Crippen LogP) is 2.93. The lowest BCUT2D eigenvalue weighted by Gasteiger charge is -1.97. The van der Waals surface area contributed by atoms with Crippen LogP contribution in [0.25, 0.3) is 11.4 Å². The van der Waals surface area contributed by atoms with Gasteiger partial charge in [0.1, 0.15) is 23.1 Å². The monoisotopic (exact) mass is 335 g/mol. The van der Waals surface area contributed by atoms with E-state index in [2.05, 4.69) is 15.1 Å². The number of nitrogens with zero attached hydrogens (tertiary/aromatic N) is 3. The van der Waals surface area contributed by atoms with E-state index in [0.717, 1.165) is 0 Å². The second kappa shape index (κ2) is 6.41. The van der Waals surface area contributed by atoms with Gasteiger partial charge in [-0.05, 0) is 25.5 Å². The molecule has 0 saturated heterocycles. The highest BCUT2D eigenvalue weighted by Crippen LogP contribution is 2.19. The highest BCUT2D eigenvalue weighted by Gasteiger charge is 2.14. The van der Waals surface area contributed by atoms with Crippen LogP contribution in [0.15, 0.2) is 33.3 Å². The summed E-state index contributed by atoms with van der Waals surface area (Å²) in [7, 11) is -1.29. The van der Waals surface area contributed by atoms with Gasteiger partial charge in [-0.25, -0.2) is 9.37 Å². The van der Waals surface area contributed by atoms with Crippen LogP contribution in [-0.2, 0) is 22.3 Å². The predicted molar refractivity (Wildman–Crippen MR) is 81.2 cm³/mol. The summed E-state index contributed by atoms with van der Waals surface area (Å²) >= 11 is 0. The lowest BCUT2D eigenvalue weighted by molar-refractivity contribution is 0.390. The Hall–Kier alpha value is -2.35. The third-order valence-electron chi connectivity index (χ3n) is 3.14. The van der Waals surface area contributed by atoms with Crippen LogP contribution in [0.3, 0.4) is 0 Å². The Morgan fingerprint density at radius 3 is 2.70 bits per heavy atom. The third kappa shape index (κ3) is 3.70. The molecular formula is C15H14FN3O3S. The normalized spacial score (nSPS) is 12.5. The summed E-state index contributed by atoms with van der Waals surface area (Å²) in [5.74, 6) is 1.48. The summed E-state index contributed by atoms with van der Waals surface area (Å²) in [5.41, 5.74) is 1.05. The van der Waals surface area contributed by atoms with Gasteiger partial charge in [0.25, 0.3) is 0 Å². The maximum Gasteiger partial charge on any atom is 0.239 e. The average Bonchev–Trinajstić information content (AvgIpc) is 3.11. The molecule has 2 heterocycles. The number of hydrogen-bond acceptors (Lipinski definition) is 6. The number of aryl methyl sites for hydroxylation is 2. The summed E-state index contributed by atoms with van der Waals surface area (Å²) in [6, 6.07) is 4.69. The van der Waals surface area contributed by atoms with Gasteiger partial charge in [0, 0.05) is 16.4 Å². The standard InChI is InChI=1S/C15H14FN3O3S/c1-9-3-4-11(5-12(9)16)15-18-14(22-19-15)8-23(20)7-13-17-6-10(2)21-13/h3-6H,7-8H2,1-2H3/t23-/m1/s1. The van der Waals surface area contributed by atoms with Crippen molar-refractivity contribution in [3.8, 4) is 11.4 Å². The fourth-order valence-corrected chi connectivity index (χ4v) is 2.86. The van der Waals surface area contributed by atoms with E-state index in [1.807, 2.05) is 0 Å². The van der Waals surface area contributed by atoms with E-state index in [1.54, 1.807) is 32.2 Å². The molecule has 1 atom stereocenters. The first-order valence-corrected chi connectivity index (χ1v) is 8.35. The topological polar surface area (TPSA) is 82.0 Å². The van der Waals surface area contributed by atoms with Gasteiger partial charge < -0.3 is 8.94 Å². The Morgan fingerprint density at radius 2 is 2.00 bits per heavy atom. The number of halogens is 1. The average molecular weight is 335 g/mol. The number of benzene rings is 1. The molecule has 1 aromatic carbocycles. The molecule has 0 bridgehead atoms. The summed E-state index contributed by atoms with van der Waals surface area (Å²) < 4.78 is 36.0. The molecule has 0 fully saturated rings. The van der Waals surface area contributed by atoms with Crippen LogP contribution in [0, 0.1) is 19.7 Å². The molecule has 2 aromatic heterocycles. The zero-order valence-corrected chi connectivity index (χ0v) is 13.4. The Balaban J connectivity index is 1.69. The summed E-state index contributed by atoms with van der Waals surface area (Å²) in [5, 5.41) is 3.80. The fraction of sp³-hybridized carbons (Fsp3) is 0.267. The Labute approximate surface area is 134 Å². The van der Waals surface area contributed by atoms with Crippen molar-refractivity contribution in [1.29, 1.82) is 0 Å². The van der Waals surface area contributed by atoms with Crippen molar-refractivity contribution in [1.82, 2.24) is 15.1 Å². The molecule has 0 amide bonds. The van der Waals surface area contributed by atoms with Crippen molar-refractivity contribution >= 4 is 10.8 Å². The maximum atomic E-state index is 13.6. The van der Waals surface area contributed by atoms with Gasteiger partial charge in [0.05, 0.1) is 6.20 Å². The number of hydrogen-bond donors (Lipinski definition) is 0. The number of oxazole rings is 1. The first kappa shape index (κ1) is 15.5. The van der Waals surface area contributed by atoms with E-state index >= 15 is 0 Å². The van der Waals surface area contributed by atoms with Crippen molar-refractivity contribution in [3.63, 3.8) is 0 Å². The molecule has 0 saturated carbocycles. The largest absolute Gasteiger partial charge is 0.445 e. The maximum absolute atomic E-state index is 13.6. The molecule has 23 heavy (non-hydrogen) atoms. The molecular weight excluding hydrogens is 321 g/mol. The van der Waals surface area contributed by atoms with Crippen LogP contribution in [-0.4, -0.2) is 19.3 Å². The SMILES string of the molecule is Cc1cnc(C[S@@](=O)Cc2nc(-c3ccc(C)c(F)c3)no2)o1. The van der Waals surface area contributed by atoms with E-state index in [9.17, 15) is 8.60 Å². The van der Waals surface area contributed by atoms with Crippen LogP contribution >= 0.6 is 0 Å². The van der Waals surface area contributed by atoms with Gasteiger partial charge >= 0.3 is 0 Å². The van der Waals surface area contributed by atoms with Crippen molar-refractivity contribution in [3.05, 3.63) is 53.3 Å². The quantitative estimate of drug-likeness (QED) is 0.713. The smallest absolute Gasteiger partial charge is 0.239 e. The lowest BCUT2D eigenvalue weighted by Crippen LogP contribution is -2.00. The molecule has 0 unspecified atom stereocenters. The zero-order chi connectivity index (χ0) is 16.4. The number of aromatic nitrogens is 3. The van der Waals surface area contributed by atoms with Gasteiger partial charge in [0.2, 0.25) is 17.6 Å². The molecule has 3 aromatic rings. The molecule has 0 N–H and O–H groups in total. The number of rotatable bonds is 5. The highest BCUT2D eigenvalue weighted by atomic mass is 32.2. The van der Waals surface area contributed by atoms with Crippen LogP contribution in [0.5, 0.6) is 0 Å². The summed E-state index contributed by atoms with van der Waals surface area (Å²) in [6.07, 6.45) is 1.57. The van der Waals surface area contributed by atoms with Gasteiger partial charge in [-0.3, -0.25) is 4.21 Å². The molecule has 120 valence electrons. The van der Waals surface area contributed by atoms with Crippen molar-refractivity contribution in [2.24, 2.45) is 0 Å². The van der Waals surface area contributed by atoms with E-state index in [0.29, 0.717) is 22.8 Å². The van der Waals surface area contributed by atoms with Gasteiger partial charge in [-0.2, -0.15) is 4.98 Å². The Kier molecular flexibility index (Phi) is 4.33. The Morgan fingerprint density at radius 1 is 1.22 bits per heavy atom. The van der Waals surface area contributed by atoms with Gasteiger partial charge in [-0.1, -0.05) is 17.3 Å². The van der Waals surface area contributed by atoms with E-state index in [4.69, 9.17) is 8.94 Å². The molecule has 3 rings (SSSR count). The zero-order valence-electron chi connectivity index (χ0n) is 12.6. The van der Waals surface area contributed by atoms with E-state index in [1.165, 1.54) is 6.07 Å². The molecule has 0 aliphatic carbocycles. The third-order valence-corrected chi connectivity index (χ3v) is 4.27. The lowest BCUT2D eigenvalue weighted by atomic mass is 10.1. The molecule has 6 nitrogen and oxygen atoms in total. The van der Waals surface area contributed by atoms with Crippen LogP contribution in [0.2, 0.25) is 0 Å². The minimum atomic E-state index is -1.29. The molecule has 0 aliphatic heterocycles. The van der Waals surface area contributed by atoms with Crippen LogP contribution < -0.4 is 0 Å². The second-order valence-corrected chi connectivity index (χ2v) is 6.53. The van der Waals surface area contributed by atoms with Gasteiger partial charge in [-0.15, -0.1) is 0 Å². The first-order valence-electron chi connectivity index (χ1n) is 6.86. The summed E-state index contributed by atoms with van der Waals surface area (Å²) in [6.45, 7) is 3.44. The minimum Gasteiger partial charge on any atom is -0.445 e. The second-order valence-electron chi connectivity index (χ2n) is 5.07.